The van der Waals surface area contributed by atoms with Gasteiger partial charge in [0.05, 0.1) is 16.2 Å². The summed E-state index contributed by atoms with van der Waals surface area (Å²) in [5.41, 5.74) is 2.31. The first-order chi connectivity index (χ1) is 16.4. The average Bonchev–Trinajstić information content (AvgIpc) is 3.38. The van der Waals surface area contributed by atoms with Gasteiger partial charge in [-0.3, -0.25) is 4.79 Å². The lowest BCUT2D eigenvalue weighted by Gasteiger charge is -2.19. The molecule has 3 heterocycles. The topological polar surface area (TPSA) is 97.8 Å². The SMILES string of the molecule is Cc1cc2cc3c(cc2nc1SCC(=O)Nc1ccc(S(=O)(=O)N2CCCC2)cc1)OCCO3. The van der Waals surface area contributed by atoms with Crippen molar-refractivity contribution in [2.45, 2.75) is 29.7 Å². The number of carbonyl (C=O) groups is 1. The van der Waals surface area contributed by atoms with Gasteiger partial charge in [-0.1, -0.05) is 11.8 Å². The summed E-state index contributed by atoms with van der Waals surface area (Å²) in [5, 5.41) is 4.55. The Morgan fingerprint density at radius 2 is 1.74 bits per heavy atom. The largest absolute Gasteiger partial charge is 0.486 e. The molecule has 0 aliphatic carbocycles. The Morgan fingerprint density at radius 1 is 1.06 bits per heavy atom. The number of rotatable bonds is 6. The molecule has 1 N–H and O–H groups in total. The van der Waals surface area contributed by atoms with Crippen molar-refractivity contribution in [1.29, 1.82) is 0 Å². The van der Waals surface area contributed by atoms with Crippen molar-refractivity contribution in [3.8, 4) is 11.5 Å². The van der Waals surface area contributed by atoms with E-state index in [4.69, 9.17) is 14.5 Å². The minimum Gasteiger partial charge on any atom is -0.486 e. The molecule has 0 saturated carbocycles. The van der Waals surface area contributed by atoms with Gasteiger partial charge in [-0.15, -0.1) is 0 Å². The molecular formula is C24H25N3O5S2. The fourth-order valence-corrected chi connectivity index (χ4v) is 6.37. The van der Waals surface area contributed by atoms with E-state index in [-0.39, 0.29) is 16.6 Å². The van der Waals surface area contributed by atoms with Crippen LogP contribution in [0, 0.1) is 6.92 Å². The van der Waals surface area contributed by atoms with Crippen molar-refractivity contribution in [3.63, 3.8) is 0 Å². The third kappa shape index (κ3) is 4.70. The second-order valence-corrected chi connectivity index (χ2v) is 11.2. The number of amides is 1. The zero-order chi connectivity index (χ0) is 23.7. The summed E-state index contributed by atoms with van der Waals surface area (Å²) in [6, 6.07) is 12.1. The number of anilines is 1. The maximum absolute atomic E-state index is 12.6. The van der Waals surface area contributed by atoms with Crippen molar-refractivity contribution in [3.05, 3.63) is 48.0 Å². The average molecular weight is 500 g/mol. The molecule has 34 heavy (non-hydrogen) atoms. The number of nitrogens with zero attached hydrogens (tertiary/aromatic N) is 2. The van der Waals surface area contributed by atoms with E-state index in [1.807, 2.05) is 25.1 Å². The summed E-state index contributed by atoms with van der Waals surface area (Å²) >= 11 is 1.35. The van der Waals surface area contributed by atoms with Crippen molar-refractivity contribution in [1.82, 2.24) is 9.29 Å². The summed E-state index contributed by atoms with van der Waals surface area (Å²) in [6.07, 6.45) is 1.78. The van der Waals surface area contributed by atoms with Crippen LogP contribution in [0.5, 0.6) is 11.5 Å². The number of aryl methyl sites for hydroxylation is 1. The van der Waals surface area contributed by atoms with Gasteiger partial charge >= 0.3 is 0 Å². The van der Waals surface area contributed by atoms with Crippen LogP contribution in [0.25, 0.3) is 10.9 Å². The van der Waals surface area contributed by atoms with Crippen molar-refractivity contribution in [2.24, 2.45) is 0 Å². The van der Waals surface area contributed by atoms with Gasteiger partial charge < -0.3 is 14.8 Å². The molecule has 2 aliphatic rings. The maximum atomic E-state index is 12.6. The van der Waals surface area contributed by atoms with Gasteiger partial charge in [0.25, 0.3) is 0 Å². The second kappa shape index (κ2) is 9.44. The van der Waals surface area contributed by atoms with Crippen molar-refractivity contribution >= 4 is 44.3 Å². The van der Waals surface area contributed by atoms with Gasteiger partial charge in [-0.05, 0) is 61.7 Å². The Balaban J connectivity index is 1.23. The normalized spacial score (nSPS) is 16.0. The number of carbonyl (C=O) groups excluding carboxylic acids is 1. The van der Waals surface area contributed by atoms with E-state index in [2.05, 4.69) is 5.32 Å². The minimum atomic E-state index is -3.47. The van der Waals surface area contributed by atoms with Gasteiger partial charge in [-0.25, -0.2) is 13.4 Å². The first-order valence-electron chi connectivity index (χ1n) is 11.1. The Hall–Kier alpha value is -2.82. The lowest BCUT2D eigenvalue weighted by atomic mass is 10.1. The number of ether oxygens (including phenoxy) is 2. The number of fused-ring (bicyclic) bond motifs is 2. The molecule has 0 atom stereocenters. The lowest BCUT2D eigenvalue weighted by Crippen LogP contribution is -2.27. The number of pyridine rings is 1. The second-order valence-electron chi connectivity index (χ2n) is 8.27. The quantitative estimate of drug-likeness (QED) is 0.515. The first kappa shape index (κ1) is 22.9. The molecule has 1 saturated heterocycles. The molecule has 1 fully saturated rings. The first-order valence-corrected chi connectivity index (χ1v) is 13.6. The zero-order valence-corrected chi connectivity index (χ0v) is 20.4. The highest BCUT2D eigenvalue weighted by Crippen LogP contribution is 2.35. The summed E-state index contributed by atoms with van der Waals surface area (Å²) in [4.78, 5) is 17.5. The number of hydrogen-bond donors (Lipinski definition) is 1. The van der Waals surface area contributed by atoms with Crippen molar-refractivity contribution < 1.29 is 22.7 Å². The standard InChI is InChI=1S/C24H25N3O5S2/c1-16-12-17-13-21-22(32-11-10-31-21)14-20(17)26-24(16)33-15-23(28)25-18-4-6-19(7-5-18)34(29,30)27-8-2-3-9-27/h4-7,12-14H,2-3,8-11,15H2,1H3,(H,25,28). The van der Waals surface area contributed by atoms with Gasteiger partial charge in [0.2, 0.25) is 15.9 Å². The molecule has 1 aromatic heterocycles. The molecule has 3 aromatic rings. The molecule has 2 aromatic carbocycles. The van der Waals surface area contributed by atoms with Crippen LogP contribution in [-0.2, 0) is 14.8 Å². The Morgan fingerprint density at radius 3 is 2.44 bits per heavy atom. The molecule has 8 nitrogen and oxygen atoms in total. The molecule has 0 bridgehead atoms. The number of sulfonamides is 1. The Labute approximate surface area is 202 Å². The Bertz CT molecular complexity index is 1340. The molecule has 0 spiro atoms. The van der Waals surface area contributed by atoms with Crippen LogP contribution < -0.4 is 14.8 Å². The zero-order valence-electron chi connectivity index (χ0n) is 18.7. The monoisotopic (exact) mass is 499 g/mol. The van der Waals surface area contributed by atoms with E-state index < -0.39 is 10.0 Å². The van der Waals surface area contributed by atoms with Crippen LogP contribution in [0.1, 0.15) is 18.4 Å². The predicted octanol–water partition coefficient (Wildman–Crippen LogP) is 3.83. The molecule has 5 rings (SSSR count). The number of benzene rings is 2. The molecule has 178 valence electrons. The number of aromatic nitrogens is 1. The van der Waals surface area contributed by atoms with Crippen LogP contribution >= 0.6 is 11.8 Å². The van der Waals surface area contributed by atoms with E-state index in [0.29, 0.717) is 37.7 Å². The summed E-state index contributed by atoms with van der Waals surface area (Å²) in [5.74, 6) is 1.39. The van der Waals surface area contributed by atoms with E-state index in [9.17, 15) is 13.2 Å². The van der Waals surface area contributed by atoms with Crippen LogP contribution in [0.15, 0.2) is 52.4 Å². The molecule has 10 heteroatoms. The third-order valence-corrected chi connectivity index (χ3v) is 8.81. The summed E-state index contributed by atoms with van der Waals surface area (Å²) < 4.78 is 38.1. The molecule has 2 aliphatic heterocycles. The van der Waals surface area contributed by atoms with E-state index >= 15 is 0 Å². The van der Waals surface area contributed by atoms with Crippen LogP contribution in [-0.4, -0.2) is 55.7 Å². The highest BCUT2D eigenvalue weighted by atomic mass is 32.2. The number of nitrogens with one attached hydrogen (secondary N) is 1. The van der Waals surface area contributed by atoms with Gasteiger partial charge in [0.15, 0.2) is 11.5 Å². The fourth-order valence-electron chi connectivity index (χ4n) is 4.06. The fraction of sp³-hybridized carbons (Fsp3) is 0.333. The van der Waals surface area contributed by atoms with E-state index in [0.717, 1.165) is 40.1 Å². The van der Waals surface area contributed by atoms with Crippen LogP contribution in [0.4, 0.5) is 5.69 Å². The smallest absolute Gasteiger partial charge is 0.243 e. The molecular weight excluding hydrogens is 474 g/mol. The third-order valence-electron chi connectivity index (χ3n) is 5.80. The number of thioether (sulfide) groups is 1. The lowest BCUT2D eigenvalue weighted by molar-refractivity contribution is -0.113. The minimum absolute atomic E-state index is 0.178. The molecule has 0 radical (unpaired) electrons. The van der Waals surface area contributed by atoms with Crippen molar-refractivity contribution in [2.75, 3.05) is 37.4 Å². The maximum Gasteiger partial charge on any atom is 0.243 e. The van der Waals surface area contributed by atoms with Gasteiger partial charge in [-0.2, -0.15) is 4.31 Å². The van der Waals surface area contributed by atoms with E-state index in [1.165, 1.54) is 28.2 Å². The Kier molecular flexibility index (Phi) is 6.37. The van der Waals surface area contributed by atoms with E-state index in [1.54, 1.807) is 12.1 Å². The van der Waals surface area contributed by atoms with Crippen LogP contribution in [0.3, 0.4) is 0 Å². The van der Waals surface area contributed by atoms with Crippen LogP contribution in [0.2, 0.25) is 0 Å². The highest BCUT2D eigenvalue weighted by molar-refractivity contribution is 8.00. The van der Waals surface area contributed by atoms with Gasteiger partial charge in [0.1, 0.15) is 18.2 Å². The highest BCUT2D eigenvalue weighted by Gasteiger charge is 2.27. The predicted molar refractivity (Wildman–Crippen MR) is 131 cm³/mol. The summed E-state index contributed by atoms with van der Waals surface area (Å²) in [6.45, 7) is 4.12. The number of hydrogen-bond acceptors (Lipinski definition) is 7. The summed E-state index contributed by atoms with van der Waals surface area (Å²) in [7, 11) is -3.47. The molecule has 0 unspecified atom stereocenters. The van der Waals surface area contributed by atoms with Gasteiger partial charge in [0, 0.05) is 30.2 Å². The molecule has 1 amide bonds.